The SMILES string of the molecule is COC(C)(C)CNCc1ccc(-n2cccn2)cc1. The molecule has 2 aromatic rings. The minimum absolute atomic E-state index is 0.130. The fourth-order valence-corrected chi connectivity index (χ4v) is 1.77. The second-order valence-corrected chi connectivity index (χ2v) is 5.18. The lowest BCUT2D eigenvalue weighted by Gasteiger charge is -2.23. The van der Waals surface area contributed by atoms with E-state index in [1.807, 2.05) is 16.9 Å². The van der Waals surface area contributed by atoms with Crippen LogP contribution in [0.3, 0.4) is 0 Å². The molecule has 1 heterocycles. The summed E-state index contributed by atoms with van der Waals surface area (Å²) >= 11 is 0. The topological polar surface area (TPSA) is 39.1 Å². The molecule has 0 atom stereocenters. The van der Waals surface area contributed by atoms with Crippen LogP contribution in [0.15, 0.2) is 42.7 Å². The zero-order valence-corrected chi connectivity index (χ0v) is 11.8. The number of nitrogens with one attached hydrogen (secondary N) is 1. The normalized spacial score (nSPS) is 11.7. The quantitative estimate of drug-likeness (QED) is 0.865. The Labute approximate surface area is 114 Å². The molecule has 19 heavy (non-hydrogen) atoms. The average molecular weight is 259 g/mol. The zero-order valence-electron chi connectivity index (χ0n) is 11.8. The number of rotatable bonds is 6. The van der Waals surface area contributed by atoms with Gasteiger partial charge in [0.1, 0.15) is 0 Å². The average Bonchev–Trinajstić information content (AvgIpc) is 2.93. The second kappa shape index (κ2) is 5.99. The van der Waals surface area contributed by atoms with Crippen molar-refractivity contribution >= 4 is 0 Å². The van der Waals surface area contributed by atoms with E-state index in [-0.39, 0.29) is 5.60 Å². The highest BCUT2D eigenvalue weighted by Crippen LogP contribution is 2.09. The van der Waals surface area contributed by atoms with Crippen LogP contribution in [-0.2, 0) is 11.3 Å². The summed E-state index contributed by atoms with van der Waals surface area (Å²) in [4.78, 5) is 0. The molecule has 0 unspecified atom stereocenters. The molecule has 0 saturated carbocycles. The molecule has 0 aliphatic carbocycles. The first-order chi connectivity index (χ1) is 9.11. The summed E-state index contributed by atoms with van der Waals surface area (Å²) in [5.74, 6) is 0. The van der Waals surface area contributed by atoms with E-state index in [9.17, 15) is 0 Å². The second-order valence-electron chi connectivity index (χ2n) is 5.18. The van der Waals surface area contributed by atoms with Crippen LogP contribution in [0.5, 0.6) is 0 Å². The highest BCUT2D eigenvalue weighted by Gasteiger charge is 2.14. The molecule has 0 bridgehead atoms. The van der Waals surface area contributed by atoms with Crippen LogP contribution in [-0.4, -0.2) is 29.0 Å². The monoisotopic (exact) mass is 259 g/mol. The van der Waals surface area contributed by atoms with Crippen LogP contribution >= 0.6 is 0 Å². The van der Waals surface area contributed by atoms with Crippen molar-refractivity contribution in [2.75, 3.05) is 13.7 Å². The Balaban J connectivity index is 1.89. The van der Waals surface area contributed by atoms with Crippen molar-refractivity contribution in [1.29, 1.82) is 0 Å². The van der Waals surface area contributed by atoms with Gasteiger partial charge in [-0.15, -0.1) is 0 Å². The first kappa shape index (κ1) is 13.8. The number of hydrogen-bond acceptors (Lipinski definition) is 3. The molecule has 1 aromatic heterocycles. The fraction of sp³-hybridized carbons (Fsp3) is 0.400. The molecule has 0 aliphatic rings. The van der Waals surface area contributed by atoms with Crippen molar-refractivity contribution in [3.05, 3.63) is 48.3 Å². The van der Waals surface area contributed by atoms with Gasteiger partial charge in [-0.3, -0.25) is 0 Å². The maximum atomic E-state index is 5.37. The van der Waals surface area contributed by atoms with Crippen LogP contribution in [0.4, 0.5) is 0 Å². The molecule has 0 amide bonds. The molecule has 0 fully saturated rings. The van der Waals surface area contributed by atoms with Gasteiger partial charge in [0.2, 0.25) is 0 Å². The van der Waals surface area contributed by atoms with Gasteiger partial charge in [-0.1, -0.05) is 12.1 Å². The number of ether oxygens (including phenoxy) is 1. The Bertz CT molecular complexity index is 489. The van der Waals surface area contributed by atoms with E-state index in [2.05, 4.69) is 48.5 Å². The van der Waals surface area contributed by atoms with Gasteiger partial charge in [0.25, 0.3) is 0 Å². The number of benzene rings is 1. The third kappa shape index (κ3) is 3.91. The Morgan fingerprint density at radius 1 is 1.26 bits per heavy atom. The van der Waals surface area contributed by atoms with Crippen LogP contribution in [0.25, 0.3) is 5.69 Å². The fourth-order valence-electron chi connectivity index (χ4n) is 1.77. The third-order valence-corrected chi connectivity index (χ3v) is 3.14. The molecule has 4 nitrogen and oxygen atoms in total. The molecule has 102 valence electrons. The van der Waals surface area contributed by atoms with Gasteiger partial charge in [-0.2, -0.15) is 5.10 Å². The summed E-state index contributed by atoms with van der Waals surface area (Å²) in [5.41, 5.74) is 2.20. The minimum Gasteiger partial charge on any atom is -0.377 e. The van der Waals surface area contributed by atoms with E-state index in [0.717, 1.165) is 18.8 Å². The van der Waals surface area contributed by atoms with Crippen molar-refractivity contribution in [2.45, 2.75) is 26.0 Å². The van der Waals surface area contributed by atoms with Gasteiger partial charge in [0, 0.05) is 32.6 Å². The molecule has 1 aromatic carbocycles. The first-order valence-electron chi connectivity index (χ1n) is 6.45. The van der Waals surface area contributed by atoms with Crippen LogP contribution < -0.4 is 5.32 Å². The molecular formula is C15H21N3O. The molecule has 1 N–H and O–H groups in total. The van der Waals surface area contributed by atoms with E-state index in [4.69, 9.17) is 4.74 Å². The zero-order chi connectivity index (χ0) is 13.7. The van der Waals surface area contributed by atoms with Crippen LogP contribution in [0, 0.1) is 0 Å². The lowest BCUT2D eigenvalue weighted by molar-refractivity contribution is 0.0230. The highest BCUT2D eigenvalue weighted by atomic mass is 16.5. The van der Waals surface area contributed by atoms with Crippen molar-refractivity contribution < 1.29 is 4.74 Å². The Hall–Kier alpha value is -1.65. The van der Waals surface area contributed by atoms with Gasteiger partial charge in [-0.05, 0) is 37.6 Å². The maximum absolute atomic E-state index is 5.37. The number of methoxy groups -OCH3 is 1. The largest absolute Gasteiger partial charge is 0.377 e. The van der Waals surface area contributed by atoms with Gasteiger partial charge in [0.05, 0.1) is 11.3 Å². The summed E-state index contributed by atoms with van der Waals surface area (Å²) < 4.78 is 7.22. The highest BCUT2D eigenvalue weighted by molar-refractivity contribution is 5.33. The van der Waals surface area contributed by atoms with Crippen molar-refractivity contribution in [3.63, 3.8) is 0 Å². The van der Waals surface area contributed by atoms with E-state index >= 15 is 0 Å². The van der Waals surface area contributed by atoms with Crippen LogP contribution in [0.2, 0.25) is 0 Å². The molecule has 2 rings (SSSR count). The lowest BCUT2D eigenvalue weighted by atomic mass is 10.1. The van der Waals surface area contributed by atoms with E-state index in [1.54, 1.807) is 13.3 Å². The summed E-state index contributed by atoms with van der Waals surface area (Å²) in [7, 11) is 1.74. The van der Waals surface area contributed by atoms with Crippen molar-refractivity contribution in [3.8, 4) is 5.69 Å². The van der Waals surface area contributed by atoms with Crippen molar-refractivity contribution in [1.82, 2.24) is 15.1 Å². The molecular weight excluding hydrogens is 238 g/mol. The summed E-state index contributed by atoms with van der Waals surface area (Å²) in [6.07, 6.45) is 3.72. The van der Waals surface area contributed by atoms with E-state index in [0.29, 0.717) is 0 Å². The van der Waals surface area contributed by atoms with E-state index in [1.165, 1.54) is 5.56 Å². The Kier molecular flexibility index (Phi) is 4.35. The van der Waals surface area contributed by atoms with Gasteiger partial charge >= 0.3 is 0 Å². The third-order valence-electron chi connectivity index (χ3n) is 3.14. The number of aromatic nitrogens is 2. The van der Waals surface area contributed by atoms with E-state index < -0.39 is 0 Å². The molecule has 0 saturated heterocycles. The Morgan fingerprint density at radius 3 is 2.58 bits per heavy atom. The molecule has 0 spiro atoms. The summed E-state index contributed by atoms with van der Waals surface area (Å²) in [6.45, 7) is 5.80. The number of nitrogens with zero attached hydrogens (tertiary/aromatic N) is 2. The summed E-state index contributed by atoms with van der Waals surface area (Å²) in [6, 6.07) is 10.3. The summed E-state index contributed by atoms with van der Waals surface area (Å²) in [5, 5.41) is 7.61. The molecule has 0 radical (unpaired) electrons. The van der Waals surface area contributed by atoms with Crippen LogP contribution in [0.1, 0.15) is 19.4 Å². The predicted octanol–water partition coefficient (Wildman–Crippen LogP) is 2.39. The first-order valence-corrected chi connectivity index (χ1v) is 6.45. The molecule has 0 aliphatic heterocycles. The molecule has 4 heteroatoms. The Morgan fingerprint density at radius 2 is 2.00 bits per heavy atom. The maximum Gasteiger partial charge on any atom is 0.0746 e. The standard InChI is InChI=1S/C15H21N3O/c1-15(2,19-3)12-16-11-13-5-7-14(8-6-13)18-10-4-9-17-18/h4-10,16H,11-12H2,1-3H3. The van der Waals surface area contributed by atoms with Gasteiger partial charge in [-0.25, -0.2) is 4.68 Å². The van der Waals surface area contributed by atoms with Gasteiger partial charge in [0.15, 0.2) is 0 Å². The lowest BCUT2D eigenvalue weighted by Crippen LogP contribution is -2.36. The minimum atomic E-state index is -0.130. The smallest absolute Gasteiger partial charge is 0.0746 e. The van der Waals surface area contributed by atoms with Gasteiger partial charge < -0.3 is 10.1 Å². The van der Waals surface area contributed by atoms with Crippen molar-refractivity contribution in [2.24, 2.45) is 0 Å². The predicted molar refractivity (Wildman–Crippen MR) is 76.4 cm³/mol. The number of hydrogen-bond donors (Lipinski definition) is 1.